The number of piperidine rings is 2. The molecule has 0 bridgehead atoms. The van der Waals surface area contributed by atoms with Crippen molar-refractivity contribution in [3.63, 3.8) is 0 Å². The van der Waals surface area contributed by atoms with Gasteiger partial charge < -0.3 is 20.4 Å². The van der Waals surface area contributed by atoms with E-state index in [4.69, 9.17) is 21.7 Å². The zero-order valence-electron chi connectivity index (χ0n) is 30.7. The summed E-state index contributed by atoms with van der Waals surface area (Å²) < 4.78 is 2.03. The molecule has 1 atom stereocenters. The molecule has 2 aromatic heterocycles. The highest BCUT2D eigenvalue weighted by Gasteiger charge is 2.26. The molecule has 2 N–H and O–H groups in total. The maximum atomic E-state index is 6.61. The number of unbranched alkanes of at least 4 members (excludes halogenated alkanes) is 1. The minimum Gasteiger partial charge on any atom is -0.363 e. The van der Waals surface area contributed by atoms with Crippen LogP contribution < -0.4 is 20.4 Å². The molecule has 0 saturated carbocycles. The molecule has 1 unspecified atom stereocenters. The number of halogens is 1. The number of anilines is 4. The van der Waals surface area contributed by atoms with Gasteiger partial charge in [-0.2, -0.15) is 10.1 Å². The molecule has 3 aliphatic heterocycles. The predicted octanol–water partition coefficient (Wildman–Crippen LogP) is 10.2. The van der Waals surface area contributed by atoms with Gasteiger partial charge >= 0.3 is 0 Å². The molecule has 9 heteroatoms. The van der Waals surface area contributed by atoms with Crippen LogP contribution in [0.3, 0.4) is 0 Å². The second-order valence-electron chi connectivity index (χ2n) is 14.6. The predicted molar refractivity (Wildman–Crippen MR) is 218 cm³/mol. The first-order chi connectivity index (χ1) is 25.2. The third-order valence-electron chi connectivity index (χ3n) is 11.1. The van der Waals surface area contributed by atoms with E-state index in [1.54, 1.807) is 6.20 Å². The van der Waals surface area contributed by atoms with E-state index in [0.717, 1.165) is 110 Å². The van der Waals surface area contributed by atoms with Crippen molar-refractivity contribution < 1.29 is 0 Å². The van der Waals surface area contributed by atoms with Gasteiger partial charge in [-0.05, 0) is 98.8 Å². The van der Waals surface area contributed by atoms with Crippen molar-refractivity contribution in [1.82, 2.24) is 25.1 Å². The molecule has 4 aromatic rings. The summed E-state index contributed by atoms with van der Waals surface area (Å²) in [5.41, 5.74) is 11.2. The topological polar surface area (TPSA) is 74.1 Å². The SMILES string of the molecule is C=CCCC1=Cc2cc(Nc3nc(N4CCC(CCCCc5ccc6c(C7CCC(=C)NC7=C)nn(C)c6c5)CC4)ncc3Cl)ccc2N(C)C1=C. The Morgan fingerprint density at radius 2 is 1.85 bits per heavy atom. The fourth-order valence-electron chi connectivity index (χ4n) is 7.99. The molecule has 8 nitrogen and oxygen atoms in total. The van der Waals surface area contributed by atoms with Crippen LogP contribution in [0.25, 0.3) is 17.0 Å². The molecule has 0 radical (unpaired) electrons. The largest absolute Gasteiger partial charge is 0.363 e. The van der Waals surface area contributed by atoms with Gasteiger partial charge in [0.15, 0.2) is 5.82 Å². The number of hydrogen-bond donors (Lipinski definition) is 2. The number of hydrogen-bond acceptors (Lipinski definition) is 7. The Morgan fingerprint density at radius 3 is 2.63 bits per heavy atom. The molecule has 2 aromatic carbocycles. The average molecular weight is 715 g/mol. The highest BCUT2D eigenvalue weighted by molar-refractivity contribution is 6.32. The summed E-state index contributed by atoms with van der Waals surface area (Å²) in [6, 6.07) is 13.2. The van der Waals surface area contributed by atoms with Gasteiger partial charge in [0.1, 0.15) is 5.02 Å². The van der Waals surface area contributed by atoms with Crippen LogP contribution in [-0.4, -0.2) is 39.9 Å². The zero-order valence-corrected chi connectivity index (χ0v) is 31.5. The van der Waals surface area contributed by atoms with Gasteiger partial charge in [-0.1, -0.05) is 62.4 Å². The lowest BCUT2D eigenvalue weighted by atomic mass is 9.89. The highest BCUT2D eigenvalue weighted by atomic mass is 35.5. The van der Waals surface area contributed by atoms with Crippen molar-refractivity contribution in [1.29, 1.82) is 0 Å². The molecule has 0 amide bonds. The quantitative estimate of drug-likeness (QED) is 0.112. The Balaban J connectivity index is 0.906. The number of allylic oxidation sites excluding steroid dienone is 4. The van der Waals surface area contributed by atoms with Gasteiger partial charge in [0.2, 0.25) is 5.95 Å². The first-order valence-corrected chi connectivity index (χ1v) is 19.1. The van der Waals surface area contributed by atoms with Gasteiger partial charge in [0.25, 0.3) is 0 Å². The fourth-order valence-corrected chi connectivity index (χ4v) is 8.13. The molecule has 3 aliphatic rings. The molecular formula is C43H51ClN8. The van der Waals surface area contributed by atoms with Crippen LogP contribution in [-0.2, 0) is 13.5 Å². The van der Waals surface area contributed by atoms with E-state index in [-0.39, 0.29) is 5.92 Å². The lowest BCUT2D eigenvalue weighted by molar-refractivity contribution is 0.367. The zero-order chi connectivity index (χ0) is 36.4. The van der Waals surface area contributed by atoms with Crippen LogP contribution in [0.5, 0.6) is 0 Å². The molecule has 52 heavy (non-hydrogen) atoms. The Hall–Kier alpha value is -4.82. The number of benzene rings is 2. The minimum atomic E-state index is 0.222. The monoisotopic (exact) mass is 714 g/mol. The van der Waals surface area contributed by atoms with E-state index < -0.39 is 0 Å². The van der Waals surface area contributed by atoms with E-state index >= 15 is 0 Å². The Labute approximate surface area is 313 Å². The molecule has 7 rings (SSSR count). The van der Waals surface area contributed by atoms with Crippen LogP contribution in [0.1, 0.15) is 80.5 Å². The van der Waals surface area contributed by atoms with Crippen LogP contribution in [0.15, 0.2) is 97.7 Å². The molecular weight excluding hydrogens is 664 g/mol. The third-order valence-corrected chi connectivity index (χ3v) is 11.4. The van der Waals surface area contributed by atoms with Crippen LogP contribution in [0.4, 0.5) is 23.1 Å². The van der Waals surface area contributed by atoms with Crippen molar-refractivity contribution in [3.05, 3.63) is 119 Å². The first kappa shape index (κ1) is 35.6. The van der Waals surface area contributed by atoms with Crippen LogP contribution in [0.2, 0.25) is 5.02 Å². The lowest BCUT2D eigenvalue weighted by Crippen LogP contribution is -2.35. The van der Waals surface area contributed by atoms with Crippen molar-refractivity contribution in [3.8, 4) is 0 Å². The number of fused-ring (bicyclic) bond motifs is 2. The maximum absolute atomic E-state index is 6.61. The molecule has 270 valence electrons. The van der Waals surface area contributed by atoms with Crippen LogP contribution >= 0.6 is 11.6 Å². The number of likely N-dealkylation sites (N-methyl/N-ethyl adjacent to an activating group) is 1. The van der Waals surface area contributed by atoms with Gasteiger partial charge in [-0.25, -0.2) is 4.98 Å². The van der Waals surface area contributed by atoms with E-state index in [1.807, 2.05) is 10.8 Å². The summed E-state index contributed by atoms with van der Waals surface area (Å²) in [6.07, 6.45) is 16.8. The Morgan fingerprint density at radius 1 is 1.02 bits per heavy atom. The third kappa shape index (κ3) is 7.54. The standard InChI is InChI=1S/C43H51ClN8/c1-7-8-13-33-25-34-26-35(16-19-39(34)50(5)30(33)4)47-42-38(44)27-45-43(48-42)52-22-20-31(21-23-52)11-9-10-12-32-15-18-37-40(24-32)51(6)49-41(37)36-17-14-28(2)46-29(36)3/h7,15-16,18-19,24-27,31,36,46H,1-4,8-14,17,20-23H2,5-6H3,(H,45,47,48). The second-order valence-corrected chi connectivity index (χ2v) is 15.1. The first-order valence-electron chi connectivity index (χ1n) is 18.7. The number of rotatable bonds is 12. The summed E-state index contributed by atoms with van der Waals surface area (Å²) in [5.74, 6) is 2.31. The highest BCUT2D eigenvalue weighted by Crippen LogP contribution is 2.38. The minimum absolute atomic E-state index is 0.222. The fraction of sp³-hybridized carbons (Fsp3) is 0.372. The molecule has 2 saturated heterocycles. The summed E-state index contributed by atoms with van der Waals surface area (Å²) >= 11 is 6.61. The summed E-state index contributed by atoms with van der Waals surface area (Å²) in [6.45, 7) is 18.4. The Bertz CT molecular complexity index is 2050. The number of aromatic nitrogens is 4. The Kier molecular flexibility index (Phi) is 10.6. The van der Waals surface area contributed by atoms with Gasteiger partial charge in [0, 0.05) is 72.5 Å². The van der Waals surface area contributed by atoms with Crippen molar-refractivity contribution in [2.45, 2.75) is 70.1 Å². The maximum Gasteiger partial charge on any atom is 0.227 e. The average Bonchev–Trinajstić information content (AvgIpc) is 3.47. The van der Waals surface area contributed by atoms with E-state index in [2.05, 4.69) is 108 Å². The molecule has 2 fully saturated rings. The number of nitrogens with zero attached hydrogens (tertiary/aromatic N) is 6. The molecule has 0 spiro atoms. The number of nitrogens with one attached hydrogen (secondary N) is 2. The van der Waals surface area contributed by atoms with Crippen LogP contribution in [0, 0.1) is 5.92 Å². The van der Waals surface area contributed by atoms with Gasteiger partial charge in [-0.3, -0.25) is 4.68 Å². The van der Waals surface area contributed by atoms with E-state index in [0.29, 0.717) is 10.8 Å². The summed E-state index contributed by atoms with van der Waals surface area (Å²) in [4.78, 5) is 14.0. The summed E-state index contributed by atoms with van der Waals surface area (Å²) in [5, 5.41) is 13.5. The molecule has 0 aliphatic carbocycles. The molecule has 5 heterocycles. The lowest BCUT2D eigenvalue weighted by Gasteiger charge is -2.32. The van der Waals surface area contributed by atoms with E-state index in [1.165, 1.54) is 41.3 Å². The smallest absolute Gasteiger partial charge is 0.227 e. The van der Waals surface area contributed by atoms with E-state index in [9.17, 15) is 0 Å². The van der Waals surface area contributed by atoms with Crippen molar-refractivity contribution in [2.75, 3.05) is 35.3 Å². The summed E-state index contributed by atoms with van der Waals surface area (Å²) in [7, 11) is 4.12. The normalized spacial score (nSPS) is 18.0. The van der Waals surface area contributed by atoms with Crippen molar-refractivity contribution in [2.24, 2.45) is 13.0 Å². The second kappa shape index (κ2) is 15.4. The number of aryl methyl sites for hydroxylation is 2. The van der Waals surface area contributed by atoms with Gasteiger partial charge in [-0.15, -0.1) is 6.58 Å². The van der Waals surface area contributed by atoms with Gasteiger partial charge in [0.05, 0.1) is 17.4 Å². The van der Waals surface area contributed by atoms with Crippen molar-refractivity contribution >= 4 is 51.7 Å².